The van der Waals surface area contributed by atoms with Crippen molar-refractivity contribution in [2.45, 2.75) is 49.7 Å². The first-order chi connectivity index (χ1) is 12.7. The van der Waals surface area contributed by atoms with Gasteiger partial charge >= 0.3 is 0 Å². The van der Waals surface area contributed by atoms with Crippen molar-refractivity contribution in [2.24, 2.45) is 0 Å². The third kappa shape index (κ3) is 4.96. The van der Waals surface area contributed by atoms with Crippen LogP contribution in [-0.2, 0) is 20.2 Å². The lowest BCUT2D eigenvalue weighted by Gasteiger charge is -2.15. The summed E-state index contributed by atoms with van der Waals surface area (Å²) in [7, 11) is -3.54. The largest absolute Gasteiger partial charge is 0.343 e. The van der Waals surface area contributed by atoms with Gasteiger partial charge in [0.15, 0.2) is 0 Å². The fourth-order valence-corrected chi connectivity index (χ4v) is 6.20. The molecule has 3 rings (SSSR count). The first kappa shape index (κ1) is 20.4. The van der Waals surface area contributed by atoms with E-state index in [1.807, 2.05) is 10.8 Å². The van der Waals surface area contributed by atoms with Crippen molar-refractivity contribution in [2.75, 3.05) is 19.6 Å². The van der Waals surface area contributed by atoms with Crippen LogP contribution in [0.2, 0.25) is 0 Å². The minimum atomic E-state index is -3.54. The molecule has 9 heteroatoms. The predicted molar refractivity (Wildman–Crippen MR) is 110 cm³/mol. The number of rotatable bonds is 7. The third-order valence-corrected chi connectivity index (χ3v) is 8.22. The molecule has 6 nitrogen and oxygen atoms in total. The third-order valence-electron chi connectivity index (χ3n) is 4.43. The van der Waals surface area contributed by atoms with Crippen molar-refractivity contribution in [3.8, 4) is 10.6 Å². The van der Waals surface area contributed by atoms with Crippen LogP contribution < -0.4 is 4.72 Å². The van der Waals surface area contributed by atoms with Crippen molar-refractivity contribution < 1.29 is 13.2 Å². The Morgan fingerprint density at radius 3 is 2.67 bits per heavy atom. The first-order valence-electron chi connectivity index (χ1n) is 8.99. The Labute approximate surface area is 168 Å². The Hall–Kier alpha value is -1.29. The first-order valence-corrected chi connectivity index (χ1v) is 12.2. The number of nitrogens with one attached hydrogen (secondary N) is 1. The molecule has 3 heterocycles. The molecular weight excluding hydrogens is 402 g/mol. The van der Waals surface area contributed by atoms with E-state index < -0.39 is 10.0 Å². The highest BCUT2D eigenvalue weighted by Crippen LogP contribution is 2.33. The van der Waals surface area contributed by atoms with Crippen LogP contribution >= 0.6 is 22.7 Å². The average molecular weight is 428 g/mol. The highest BCUT2D eigenvalue weighted by Gasteiger charge is 2.22. The molecule has 2 aromatic heterocycles. The van der Waals surface area contributed by atoms with Crippen molar-refractivity contribution >= 4 is 38.6 Å². The van der Waals surface area contributed by atoms with E-state index in [9.17, 15) is 13.2 Å². The predicted octanol–water partition coefficient (Wildman–Crippen LogP) is 3.46. The number of nitrogens with zero attached hydrogens (tertiary/aromatic N) is 2. The van der Waals surface area contributed by atoms with Gasteiger partial charge in [0, 0.05) is 47.8 Å². The molecule has 0 radical (unpaired) electrons. The van der Waals surface area contributed by atoms with Gasteiger partial charge in [0.25, 0.3) is 0 Å². The Morgan fingerprint density at radius 2 is 2.04 bits per heavy atom. The quantitative estimate of drug-likeness (QED) is 0.686. The lowest BCUT2D eigenvalue weighted by atomic mass is 9.93. The number of carbonyl (C=O) groups is 1. The van der Waals surface area contributed by atoms with Gasteiger partial charge in [-0.15, -0.1) is 22.7 Å². The van der Waals surface area contributed by atoms with Gasteiger partial charge in [-0.25, -0.2) is 18.1 Å². The summed E-state index contributed by atoms with van der Waals surface area (Å²) in [5.74, 6) is 0.166. The van der Waals surface area contributed by atoms with Crippen LogP contribution in [-0.4, -0.2) is 43.8 Å². The Morgan fingerprint density at radius 1 is 1.26 bits per heavy atom. The SMILES string of the molecule is CC(C)(C)c1csc(-c2csc(S(=O)(=O)NCCCN3CCCC3=O)c2)n1. The molecule has 0 atom stereocenters. The van der Waals surface area contributed by atoms with Gasteiger partial charge in [0.1, 0.15) is 9.22 Å². The van der Waals surface area contributed by atoms with Crippen molar-refractivity contribution in [1.29, 1.82) is 0 Å². The maximum Gasteiger partial charge on any atom is 0.250 e. The molecule has 1 aliphatic heterocycles. The van der Waals surface area contributed by atoms with Crippen LogP contribution in [0.15, 0.2) is 21.0 Å². The standard InChI is InChI=1S/C18H25N3O3S3/c1-18(2,3)14-12-26-17(20-14)13-10-16(25-11-13)27(23,24)19-7-5-9-21-8-4-6-15(21)22/h10-12,19H,4-9H2,1-3H3. The number of carbonyl (C=O) groups excluding carboxylic acids is 1. The number of hydrogen-bond donors (Lipinski definition) is 1. The van der Waals surface area contributed by atoms with Gasteiger partial charge < -0.3 is 4.90 Å². The second kappa shape index (κ2) is 7.98. The summed E-state index contributed by atoms with van der Waals surface area (Å²) in [5.41, 5.74) is 1.81. The number of thiophene rings is 1. The number of amides is 1. The van der Waals surface area contributed by atoms with E-state index in [2.05, 4.69) is 30.5 Å². The zero-order valence-corrected chi connectivity index (χ0v) is 18.3. The minimum Gasteiger partial charge on any atom is -0.343 e. The van der Waals surface area contributed by atoms with E-state index in [-0.39, 0.29) is 11.3 Å². The summed E-state index contributed by atoms with van der Waals surface area (Å²) in [6.07, 6.45) is 2.12. The van der Waals surface area contributed by atoms with E-state index in [1.165, 1.54) is 22.7 Å². The monoisotopic (exact) mass is 427 g/mol. The lowest BCUT2D eigenvalue weighted by Crippen LogP contribution is -2.30. The summed E-state index contributed by atoms with van der Waals surface area (Å²) in [6.45, 7) is 8.03. The normalized spacial score (nSPS) is 15.7. The van der Waals surface area contributed by atoms with Crippen LogP contribution in [0, 0.1) is 0 Å². The summed E-state index contributed by atoms with van der Waals surface area (Å²) < 4.78 is 27.9. The molecule has 1 fully saturated rings. The summed E-state index contributed by atoms with van der Waals surface area (Å²) in [5, 5.41) is 4.70. The molecule has 0 saturated carbocycles. The van der Waals surface area contributed by atoms with Crippen LogP contribution in [0.5, 0.6) is 0 Å². The molecule has 1 saturated heterocycles. The van der Waals surface area contributed by atoms with Crippen LogP contribution in [0.1, 0.15) is 45.7 Å². The van der Waals surface area contributed by atoms with E-state index in [4.69, 9.17) is 0 Å². The lowest BCUT2D eigenvalue weighted by molar-refractivity contribution is -0.127. The molecule has 0 bridgehead atoms. The van der Waals surface area contributed by atoms with Crippen molar-refractivity contribution in [1.82, 2.24) is 14.6 Å². The van der Waals surface area contributed by atoms with Crippen molar-refractivity contribution in [3.05, 3.63) is 22.5 Å². The fourth-order valence-electron chi connectivity index (χ4n) is 2.81. The number of sulfonamides is 1. The topological polar surface area (TPSA) is 79.4 Å². The molecule has 0 unspecified atom stereocenters. The van der Waals surface area contributed by atoms with Crippen molar-refractivity contribution in [3.63, 3.8) is 0 Å². The van der Waals surface area contributed by atoms with Crippen LogP contribution in [0.3, 0.4) is 0 Å². The second-order valence-electron chi connectivity index (χ2n) is 7.68. The molecule has 0 aromatic carbocycles. The summed E-state index contributed by atoms with van der Waals surface area (Å²) in [6, 6.07) is 1.68. The summed E-state index contributed by atoms with van der Waals surface area (Å²) >= 11 is 2.74. The van der Waals surface area contributed by atoms with E-state index in [1.54, 1.807) is 11.0 Å². The highest BCUT2D eigenvalue weighted by atomic mass is 32.2. The maximum atomic E-state index is 12.5. The highest BCUT2D eigenvalue weighted by molar-refractivity contribution is 7.91. The number of likely N-dealkylation sites (tertiary alicyclic amines) is 1. The van der Waals surface area contributed by atoms with Crippen LogP contribution in [0.4, 0.5) is 0 Å². The van der Waals surface area contributed by atoms with Gasteiger partial charge in [-0.2, -0.15) is 0 Å². The summed E-state index contributed by atoms with van der Waals surface area (Å²) in [4.78, 5) is 18.0. The zero-order valence-electron chi connectivity index (χ0n) is 15.8. The minimum absolute atomic E-state index is 0.0298. The average Bonchev–Trinajstić information content (AvgIpc) is 3.31. The van der Waals surface area contributed by atoms with E-state index in [0.29, 0.717) is 30.1 Å². The fraction of sp³-hybridized carbons (Fsp3) is 0.556. The second-order valence-corrected chi connectivity index (χ2v) is 11.4. The van der Waals surface area contributed by atoms with Gasteiger partial charge in [-0.1, -0.05) is 20.8 Å². The Kier molecular flexibility index (Phi) is 6.05. The molecule has 27 heavy (non-hydrogen) atoms. The van der Waals surface area contributed by atoms with Gasteiger partial charge in [-0.3, -0.25) is 4.79 Å². The Balaban J connectivity index is 1.59. The van der Waals surface area contributed by atoms with E-state index in [0.717, 1.165) is 29.2 Å². The van der Waals surface area contributed by atoms with Gasteiger partial charge in [-0.05, 0) is 18.9 Å². The Bertz CT molecular complexity index is 910. The van der Waals surface area contributed by atoms with Gasteiger partial charge in [0.2, 0.25) is 15.9 Å². The molecular formula is C18H25N3O3S3. The number of hydrogen-bond acceptors (Lipinski definition) is 6. The van der Waals surface area contributed by atoms with Gasteiger partial charge in [0.05, 0.1) is 5.69 Å². The smallest absolute Gasteiger partial charge is 0.250 e. The molecule has 1 N–H and O–H groups in total. The number of aromatic nitrogens is 1. The molecule has 1 amide bonds. The molecule has 0 aliphatic carbocycles. The zero-order chi connectivity index (χ0) is 19.7. The molecule has 0 spiro atoms. The molecule has 148 valence electrons. The molecule has 1 aliphatic rings. The van der Waals surface area contributed by atoms with Crippen LogP contribution in [0.25, 0.3) is 10.6 Å². The maximum absolute atomic E-state index is 12.5. The number of thiazole rings is 1. The van der Waals surface area contributed by atoms with E-state index >= 15 is 0 Å². The molecule has 2 aromatic rings.